The van der Waals surface area contributed by atoms with E-state index in [-0.39, 0.29) is 29.7 Å². The summed E-state index contributed by atoms with van der Waals surface area (Å²) in [6.45, 7) is 22.9. The first-order valence-electron chi connectivity index (χ1n) is 14.0. The number of aliphatic hydroxyl groups is 1. The molecule has 0 aliphatic carbocycles. The van der Waals surface area contributed by atoms with Crippen molar-refractivity contribution >= 4 is 29.5 Å². The van der Waals surface area contributed by atoms with Crippen LogP contribution in [-0.2, 0) is 14.4 Å². The van der Waals surface area contributed by atoms with Crippen LogP contribution in [0.25, 0.3) is 0 Å². The maximum absolute atomic E-state index is 14.8. The van der Waals surface area contributed by atoms with Gasteiger partial charge in [-0.1, -0.05) is 39.8 Å². The van der Waals surface area contributed by atoms with Crippen LogP contribution in [0.3, 0.4) is 0 Å². The van der Waals surface area contributed by atoms with Crippen LogP contribution in [0.2, 0.25) is 0 Å². The molecule has 1 N–H and O–H groups in total. The first kappa shape index (κ1) is 30.7. The number of carbonyl (C=O) groups is 3. The fourth-order valence-electron chi connectivity index (χ4n) is 7.65. The van der Waals surface area contributed by atoms with Crippen molar-refractivity contribution in [2.24, 2.45) is 17.3 Å². The maximum atomic E-state index is 14.8. The Labute approximate surface area is 234 Å². The summed E-state index contributed by atoms with van der Waals surface area (Å²) in [5.74, 6) is -1.47. The Morgan fingerprint density at radius 2 is 1.76 bits per heavy atom. The van der Waals surface area contributed by atoms with Gasteiger partial charge in [0.25, 0.3) is 0 Å². The van der Waals surface area contributed by atoms with Gasteiger partial charge in [-0.3, -0.25) is 14.4 Å². The molecule has 0 aromatic heterocycles. The van der Waals surface area contributed by atoms with Gasteiger partial charge >= 0.3 is 0 Å². The molecule has 3 amide bonds. The van der Waals surface area contributed by atoms with E-state index >= 15 is 0 Å². The van der Waals surface area contributed by atoms with E-state index in [9.17, 15) is 19.5 Å². The molecule has 1 spiro atoms. The number of aliphatic hydroxyl groups excluding tert-OH is 1. The molecular formula is C30H49N3O4S. The van der Waals surface area contributed by atoms with Crippen LogP contribution < -0.4 is 0 Å². The smallest absolute Gasteiger partial charge is 0.247 e. The molecule has 3 aliphatic heterocycles. The number of likely N-dealkylation sites (tertiary alicyclic amines) is 1. The molecule has 0 aromatic carbocycles. The van der Waals surface area contributed by atoms with Gasteiger partial charge in [-0.05, 0) is 51.9 Å². The normalized spacial score (nSPS) is 31.2. The Balaban J connectivity index is 2.17. The van der Waals surface area contributed by atoms with Crippen molar-refractivity contribution in [2.45, 2.75) is 101 Å². The van der Waals surface area contributed by atoms with Gasteiger partial charge in [0, 0.05) is 30.4 Å². The summed E-state index contributed by atoms with van der Waals surface area (Å²) in [6, 6.07) is -1.23. The number of fused-ring (bicyclic) bond motifs is 1. The number of thioether (sulfide) groups is 1. The van der Waals surface area contributed by atoms with Gasteiger partial charge in [-0.25, -0.2) is 0 Å². The summed E-state index contributed by atoms with van der Waals surface area (Å²) in [4.78, 5) is 48.1. The summed E-state index contributed by atoms with van der Waals surface area (Å²) in [7, 11) is 1.75. The van der Waals surface area contributed by atoms with Gasteiger partial charge in [-0.15, -0.1) is 24.9 Å². The first-order chi connectivity index (χ1) is 17.5. The van der Waals surface area contributed by atoms with Crippen molar-refractivity contribution in [2.75, 3.05) is 26.7 Å². The summed E-state index contributed by atoms with van der Waals surface area (Å²) >= 11 is 1.67. The molecule has 3 aliphatic rings. The third kappa shape index (κ3) is 4.96. The molecule has 0 saturated carbocycles. The first-order valence-corrected chi connectivity index (χ1v) is 14.8. The number of rotatable bonds is 11. The maximum Gasteiger partial charge on any atom is 0.247 e. The van der Waals surface area contributed by atoms with Crippen LogP contribution in [-0.4, -0.2) is 91.4 Å². The fraction of sp³-hybridized carbons (Fsp3) is 0.767. The van der Waals surface area contributed by atoms with Crippen LogP contribution >= 0.6 is 11.8 Å². The highest BCUT2D eigenvalue weighted by Crippen LogP contribution is 2.72. The standard InChI is InChI=1S/C30H49N3O4S/c1-11-16-31(10)24(35)21-22-25(36)33(20(13-3)18-34)23(30(22)15-14-29(21,9)38-30)26(37)32(17-12-2)28(7,8)19-27(4,5)6/h11-12,20-23,34H,1-2,13-19H2,3-10H3/t20-,21-,22-,23?,29+,30?/m0/s1. The number of likely N-dealkylation sites (N-methyl/N-ethyl adjacent to an activating group) is 1. The third-order valence-corrected chi connectivity index (χ3v) is 10.8. The molecule has 2 bridgehead atoms. The number of carbonyl (C=O) groups excluding carboxylic acids is 3. The van der Waals surface area contributed by atoms with Crippen LogP contribution in [0.4, 0.5) is 0 Å². The highest BCUT2D eigenvalue weighted by Gasteiger charge is 2.78. The van der Waals surface area contributed by atoms with Crippen molar-refractivity contribution in [1.82, 2.24) is 14.7 Å². The molecule has 0 radical (unpaired) electrons. The average molecular weight is 548 g/mol. The number of nitrogens with zero attached hydrogens (tertiary/aromatic N) is 3. The molecule has 214 valence electrons. The zero-order valence-corrected chi connectivity index (χ0v) is 25.6. The predicted octanol–water partition coefficient (Wildman–Crippen LogP) is 4.11. The van der Waals surface area contributed by atoms with Crippen LogP contribution in [0.1, 0.15) is 74.1 Å². The van der Waals surface area contributed by atoms with Crippen LogP contribution in [0.15, 0.2) is 25.3 Å². The van der Waals surface area contributed by atoms with Gasteiger partial charge in [0.1, 0.15) is 6.04 Å². The van der Waals surface area contributed by atoms with Crippen molar-refractivity contribution < 1.29 is 19.5 Å². The van der Waals surface area contributed by atoms with Gasteiger partial charge in [0.2, 0.25) is 17.7 Å². The molecule has 2 unspecified atom stereocenters. The predicted molar refractivity (Wildman–Crippen MR) is 155 cm³/mol. The Hall–Kier alpha value is -1.80. The van der Waals surface area contributed by atoms with Crippen molar-refractivity contribution in [1.29, 1.82) is 0 Å². The van der Waals surface area contributed by atoms with Gasteiger partial charge in [0.15, 0.2) is 0 Å². The summed E-state index contributed by atoms with van der Waals surface area (Å²) in [5.41, 5.74) is -0.508. The second-order valence-corrected chi connectivity index (χ2v) is 15.4. The van der Waals surface area contributed by atoms with Crippen molar-refractivity contribution in [3.63, 3.8) is 0 Å². The van der Waals surface area contributed by atoms with Crippen LogP contribution in [0, 0.1) is 17.3 Å². The third-order valence-electron chi connectivity index (χ3n) is 8.84. The lowest BCUT2D eigenvalue weighted by molar-refractivity contribution is -0.149. The SMILES string of the molecule is C=CCN(C)C(=O)[C@@H]1[C@H]2C(=O)N([C@@H](CC)CO)C(C(=O)N(CC=C)C(C)(C)CC(C)(C)C)C23CC[C@@]1(C)S3. The lowest BCUT2D eigenvalue weighted by Gasteiger charge is -2.46. The minimum absolute atomic E-state index is 0.0203. The van der Waals surface area contributed by atoms with E-state index in [0.29, 0.717) is 25.9 Å². The Kier molecular flexibility index (Phi) is 8.61. The lowest BCUT2D eigenvalue weighted by Crippen LogP contribution is -2.61. The number of hydrogen-bond acceptors (Lipinski definition) is 5. The largest absolute Gasteiger partial charge is 0.394 e. The quantitative estimate of drug-likeness (QED) is 0.394. The minimum atomic E-state index is -0.745. The molecule has 6 atom stereocenters. The Morgan fingerprint density at radius 3 is 2.26 bits per heavy atom. The van der Waals surface area contributed by atoms with E-state index in [1.165, 1.54) is 0 Å². The molecule has 7 nitrogen and oxygen atoms in total. The highest BCUT2D eigenvalue weighted by atomic mass is 32.2. The molecule has 8 heteroatoms. The molecule has 3 saturated heterocycles. The second-order valence-electron chi connectivity index (χ2n) is 13.5. The number of amides is 3. The number of hydrogen-bond donors (Lipinski definition) is 1. The lowest BCUT2D eigenvalue weighted by atomic mass is 9.66. The molecule has 0 aromatic rings. The molecule has 3 heterocycles. The van der Waals surface area contributed by atoms with E-state index < -0.39 is 39.0 Å². The topological polar surface area (TPSA) is 81.2 Å². The van der Waals surface area contributed by atoms with E-state index in [4.69, 9.17) is 0 Å². The molecular weight excluding hydrogens is 498 g/mol. The summed E-state index contributed by atoms with van der Waals surface area (Å²) in [5, 5.41) is 10.3. The van der Waals surface area contributed by atoms with E-state index in [2.05, 4.69) is 54.7 Å². The van der Waals surface area contributed by atoms with Crippen molar-refractivity contribution in [3.8, 4) is 0 Å². The minimum Gasteiger partial charge on any atom is -0.394 e. The van der Waals surface area contributed by atoms with Crippen molar-refractivity contribution in [3.05, 3.63) is 25.3 Å². The van der Waals surface area contributed by atoms with E-state index in [1.54, 1.807) is 40.8 Å². The Bertz CT molecular complexity index is 971. The zero-order chi connectivity index (χ0) is 28.8. The average Bonchev–Trinajstić information content (AvgIpc) is 3.37. The van der Waals surface area contributed by atoms with Crippen LogP contribution in [0.5, 0.6) is 0 Å². The molecule has 38 heavy (non-hydrogen) atoms. The molecule has 3 rings (SSSR count). The Morgan fingerprint density at radius 1 is 1.16 bits per heavy atom. The summed E-state index contributed by atoms with van der Waals surface area (Å²) < 4.78 is -1.14. The van der Waals surface area contributed by atoms with Gasteiger partial charge < -0.3 is 19.8 Å². The second kappa shape index (κ2) is 10.6. The van der Waals surface area contributed by atoms with Gasteiger partial charge in [0.05, 0.1) is 29.2 Å². The fourth-order valence-corrected chi connectivity index (χ4v) is 9.98. The molecule has 3 fully saturated rings. The highest BCUT2D eigenvalue weighted by molar-refractivity contribution is 8.02. The van der Waals surface area contributed by atoms with E-state index in [0.717, 1.165) is 12.8 Å². The van der Waals surface area contributed by atoms with E-state index in [1.807, 2.05) is 11.8 Å². The van der Waals surface area contributed by atoms with Gasteiger partial charge in [-0.2, -0.15) is 0 Å². The monoisotopic (exact) mass is 547 g/mol. The zero-order valence-electron chi connectivity index (χ0n) is 24.7. The summed E-state index contributed by atoms with van der Waals surface area (Å²) in [6.07, 6.45) is 6.19.